The van der Waals surface area contributed by atoms with Gasteiger partial charge in [-0.1, -0.05) is 11.6 Å². The highest BCUT2D eigenvalue weighted by Crippen LogP contribution is 2.47. The number of aromatic hydroxyl groups is 1. The molecule has 1 saturated carbocycles. The van der Waals surface area contributed by atoms with Crippen LogP contribution in [-0.2, 0) is 5.54 Å². The van der Waals surface area contributed by atoms with Crippen molar-refractivity contribution in [3.8, 4) is 5.75 Å². The maximum atomic E-state index is 13.3. The summed E-state index contributed by atoms with van der Waals surface area (Å²) < 4.78 is 13.3. The van der Waals surface area contributed by atoms with Crippen molar-refractivity contribution in [3.05, 3.63) is 28.5 Å². The van der Waals surface area contributed by atoms with Crippen molar-refractivity contribution in [2.45, 2.75) is 18.4 Å². The van der Waals surface area contributed by atoms with E-state index < -0.39 is 11.4 Å². The largest absolute Gasteiger partial charge is 0.508 e. The standard InChI is InChI=1S/C9H9ClFNO/c10-6-3-5(13)4-7(11)8(6)9(12)1-2-9/h3-4,13H,1-2,12H2. The monoisotopic (exact) mass is 201 g/mol. The van der Waals surface area contributed by atoms with Crippen LogP contribution in [0.3, 0.4) is 0 Å². The normalized spacial score (nSPS) is 18.7. The van der Waals surface area contributed by atoms with Gasteiger partial charge in [-0.25, -0.2) is 4.39 Å². The Labute approximate surface area is 80.1 Å². The van der Waals surface area contributed by atoms with Gasteiger partial charge in [-0.05, 0) is 18.9 Å². The molecular formula is C9H9ClFNO. The minimum Gasteiger partial charge on any atom is -0.508 e. The first kappa shape index (κ1) is 8.78. The molecule has 0 bridgehead atoms. The highest BCUT2D eigenvalue weighted by atomic mass is 35.5. The van der Waals surface area contributed by atoms with Gasteiger partial charge in [-0.15, -0.1) is 0 Å². The van der Waals surface area contributed by atoms with Gasteiger partial charge >= 0.3 is 0 Å². The SMILES string of the molecule is NC1(c2c(F)cc(O)cc2Cl)CC1. The van der Waals surface area contributed by atoms with Crippen molar-refractivity contribution >= 4 is 11.6 Å². The second-order valence-corrected chi connectivity index (χ2v) is 3.85. The first-order valence-corrected chi connectivity index (χ1v) is 4.38. The van der Waals surface area contributed by atoms with Crippen molar-refractivity contribution in [2.75, 3.05) is 0 Å². The quantitative estimate of drug-likeness (QED) is 0.731. The fourth-order valence-electron chi connectivity index (χ4n) is 1.42. The van der Waals surface area contributed by atoms with Crippen molar-refractivity contribution in [1.82, 2.24) is 0 Å². The van der Waals surface area contributed by atoms with Crippen molar-refractivity contribution in [3.63, 3.8) is 0 Å². The van der Waals surface area contributed by atoms with E-state index in [9.17, 15) is 4.39 Å². The summed E-state index contributed by atoms with van der Waals surface area (Å²) in [7, 11) is 0. The number of benzene rings is 1. The van der Waals surface area contributed by atoms with Crippen LogP contribution in [0.5, 0.6) is 5.75 Å². The predicted molar refractivity (Wildman–Crippen MR) is 48.2 cm³/mol. The minimum absolute atomic E-state index is 0.171. The van der Waals surface area contributed by atoms with Crippen LogP contribution in [-0.4, -0.2) is 5.11 Å². The Bertz CT molecular complexity index is 340. The van der Waals surface area contributed by atoms with E-state index in [-0.39, 0.29) is 10.8 Å². The maximum absolute atomic E-state index is 13.3. The zero-order valence-electron chi connectivity index (χ0n) is 6.85. The second kappa shape index (κ2) is 2.59. The van der Waals surface area contributed by atoms with Crippen molar-refractivity contribution in [1.29, 1.82) is 0 Å². The number of phenols is 1. The molecule has 0 atom stereocenters. The van der Waals surface area contributed by atoms with Crippen LogP contribution in [0.4, 0.5) is 4.39 Å². The molecule has 0 aliphatic heterocycles. The number of nitrogens with two attached hydrogens (primary N) is 1. The highest BCUT2D eigenvalue weighted by molar-refractivity contribution is 6.31. The van der Waals surface area contributed by atoms with E-state index in [0.29, 0.717) is 5.56 Å². The predicted octanol–water partition coefficient (Wildman–Crippen LogP) is 2.13. The fourth-order valence-corrected chi connectivity index (χ4v) is 1.81. The summed E-state index contributed by atoms with van der Waals surface area (Å²) in [6, 6.07) is 2.35. The number of halogens is 2. The molecule has 1 aliphatic rings. The van der Waals surface area contributed by atoms with E-state index in [1.165, 1.54) is 6.07 Å². The van der Waals surface area contributed by atoms with Crippen LogP contribution in [0.2, 0.25) is 5.02 Å². The van der Waals surface area contributed by atoms with E-state index in [4.69, 9.17) is 22.4 Å². The smallest absolute Gasteiger partial charge is 0.133 e. The van der Waals surface area contributed by atoms with Crippen LogP contribution < -0.4 is 5.73 Å². The topological polar surface area (TPSA) is 46.2 Å². The van der Waals surface area contributed by atoms with Crippen LogP contribution >= 0.6 is 11.6 Å². The molecule has 0 saturated heterocycles. The molecule has 3 N–H and O–H groups in total. The first-order valence-electron chi connectivity index (χ1n) is 4.00. The Kier molecular flexibility index (Phi) is 1.75. The second-order valence-electron chi connectivity index (χ2n) is 3.44. The molecular weight excluding hydrogens is 193 g/mol. The third-order valence-corrected chi connectivity index (χ3v) is 2.61. The van der Waals surface area contributed by atoms with Gasteiger partial charge in [0.1, 0.15) is 11.6 Å². The van der Waals surface area contributed by atoms with E-state index in [2.05, 4.69) is 0 Å². The summed E-state index contributed by atoms with van der Waals surface area (Å²) in [5.41, 5.74) is 5.54. The van der Waals surface area contributed by atoms with Gasteiger partial charge in [0.25, 0.3) is 0 Å². The van der Waals surface area contributed by atoms with Gasteiger partial charge in [0, 0.05) is 17.2 Å². The molecule has 2 nitrogen and oxygen atoms in total. The Morgan fingerprint density at radius 1 is 1.46 bits per heavy atom. The molecule has 0 aromatic heterocycles. The third-order valence-electron chi connectivity index (χ3n) is 2.31. The van der Waals surface area contributed by atoms with Crippen LogP contribution in [0.1, 0.15) is 18.4 Å². The average Bonchev–Trinajstić information content (AvgIpc) is 2.65. The molecule has 0 spiro atoms. The zero-order chi connectivity index (χ0) is 9.64. The minimum atomic E-state index is -0.602. The molecule has 0 heterocycles. The number of phenolic OH excluding ortho intramolecular Hbond substituents is 1. The lowest BCUT2D eigenvalue weighted by Crippen LogP contribution is -2.20. The number of hydrogen-bond acceptors (Lipinski definition) is 2. The molecule has 13 heavy (non-hydrogen) atoms. The van der Waals surface area contributed by atoms with Gasteiger partial charge in [0.15, 0.2) is 0 Å². The molecule has 1 aromatic carbocycles. The molecule has 1 aromatic rings. The number of rotatable bonds is 1. The van der Waals surface area contributed by atoms with Crippen molar-refractivity contribution in [2.24, 2.45) is 5.73 Å². The van der Waals surface area contributed by atoms with Gasteiger partial charge in [0.2, 0.25) is 0 Å². The molecule has 2 rings (SSSR count). The van der Waals surface area contributed by atoms with Gasteiger partial charge < -0.3 is 10.8 Å². The summed E-state index contributed by atoms with van der Waals surface area (Å²) >= 11 is 5.78. The molecule has 4 heteroatoms. The lowest BCUT2D eigenvalue weighted by atomic mass is 10.0. The molecule has 0 radical (unpaired) electrons. The zero-order valence-corrected chi connectivity index (χ0v) is 7.61. The molecule has 70 valence electrons. The molecule has 0 unspecified atom stereocenters. The summed E-state index contributed by atoms with van der Waals surface area (Å²) in [5.74, 6) is -0.694. The van der Waals surface area contributed by atoms with E-state index in [1.54, 1.807) is 0 Å². The summed E-state index contributed by atoms with van der Waals surface area (Å²) in [5, 5.41) is 9.25. The Balaban J connectivity index is 2.57. The van der Waals surface area contributed by atoms with Gasteiger partial charge in [-0.3, -0.25) is 0 Å². The average molecular weight is 202 g/mol. The van der Waals surface area contributed by atoms with Gasteiger partial charge in [-0.2, -0.15) is 0 Å². The summed E-state index contributed by atoms with van der Waals surface area (Å²) in [6.45, 7) is 0. The van der Waals surface area contributed by atoms with Crippen LogP contribution in [0.25, 0.3) is 0 Å². The first-order chi connectivity index (χ1) is 6.03. The lowest BCUT2D eigenvalue weighted by molar-refractivity contribution is 0.466. The van der Waals surface area contributed by atoms with Crippen LogP contribution in [0, 0.1) is 5.82 Å². The summed E-state index contributed by atoms with van der Waals surface area (Å²) in [4.78, 5) is 0. The van der Waals surface area contributed by atoms with E-state index in [1.807, 2.05) is 0 Å². The Hall–Kier alpha value is -0.800. The summed E-state index contributed by atoms with van der Waals surface area (Å²) in [6.07, 6.45) is 1.49. The molecule has 1 fully saturated rings. The highest BCUT2D eigenvalue weighted by Gasteiger charge is 2.43. The molecule has 0 amide bonds. The Morgan fingerprint density at radius 3 is 2.54 bits per heavy atom. The van der Waals surface area contributed by atoms with Crippen molar-refractivity contribution < 1.29 is 9.50 Å². The maximum Gasteiger partial charge on any atom is 0.133 e. The van der Waals surface area contributed by atoms with E-state index >= 15 is 0 Å². The van der Waals surface area contributed by atoms with Gasteiger partial charge in [0.05, 0.1) is 5.02 Å². The molecule has 1 aliphatic carbocycles. The number of hydrogen-bond donors (Lipinski definition) is 2. The van der Waals surface area contributed by atoms with Crippen LogP contribution in [0.15, 0.2) is 12.1 Å². The van der Waals surface area contributed by atoms with E-state index in [0.717, 1.165) is 18.9 Å². The Morgan fingerprint density at radius 2 is 2.08 bits per heavy atom. The third kappa shape index (κ3) is 1.38. The fraction of sp³-hybridized carbons (Fsp3) is 0.333. The lowest BCUT2D eigenvalue weighted by Gasteiger charge is -2.12.